The van der Waals surface area contributed by atoms with E-state index in [1.165, 1.54) is 11.3 Å². The molecular formula is C17H15ClN4O2S. The molecule has 1 fully saturated rings. The number of carbonyl (C=O) groups is 1. The molecule has 1 amide bonds. The van der Waals surface area contributed by atoms with Crippen LogP contribution in [0.4, 0.5) is 0 Å². The summed E-state index contributed by atoms with van der Waals surface area (Å²) in [6, 6.07) is 7.53. The van der Waals surface area contributed by atoms with E-state index in [0.29, 0.717) is 22.5 Å². The van der Waals surface area contributed by atoms with E-state index >= 15 is 0 Å². The predicted octanol–water partition coefficient (Wildman–Crippen LogP) is 3.58. The highest BCUT2D eigenvalue weighted by Crippen LogP contribution is 2.38. The Balaban J connectivity index is 1.34. The fourth-order valence-corrected chi connectivity index (χ4v) is 3.53. The fourth-order valence-electron chi connectivity index (χ4n) is 2.39. The van der Waals surface area contributed by atoms with Gasteiger partial charge in [-0.2, -0.15) is 4.98 Å². The summed E-state index contributed by atoms with van der Waals surface area (Å²) < 4.78 is 5.14. The molecule has 8 heteroatoms. The summed E-state index contributed by atoms with van der Waals surface area (Å²) in [7, 11) is 0. The number of aromatic nitrogens is 3. The molecule has 4 rings (SSSR count). The number of carbonyl (C=O) groups excluding carboxylic acids is 1. The topological polar surface area (TPSA) is 80.9 Å². The molecule has 0 atom stereocenters. The van der Waals surface area contributed by atoms with Gasteiger partial charge in [0.1, 0.15) is 5.01 Å². The Morgan fingerprint density at radius 3 is 2.96 bits per heavy atom. The highest BCUT2D eigenvalue weighted by molar-refractivity contribution is 7.13. The van der Waals surface area contributed by atoms with Gasteiger partial charge in [0.15, 0.2) is 5.82 Å². The normalized spacial score (nSPS) is 13.8. The van der Waals surface area contributed by atoms with Gasteiger partial charge in [0, 0.05) is 16.9 Å². The number of hydrogen-bond donors (Lipinski definition) is 1. The molecule has 0 unspecified atom stereocenters. The molecule has 25 heavy (non-hydrogen) atoms. The van der Waals surface area contributed by atoms with Crippen LogP contribution >= 0.6 is 22.9 Å². The second-order valence-electron chi connectivity index (χ2n) is 5.90. The highest BCUT2D eigenvalue weighted by Gasteiger charge is 2.28. The zero-order chi connectivity index (χ0) is 17.2. The van der Waals surface area contributed by atoms with Crippen molar-refractivity contribution < 1.29 is 9.32 Å². The zero-order valence-corrected chi connectivity index (χ0v) is 14.8. The Morgan fingerprint density at radius 2 is 2.16 bits per heavy atom. The average molecular weight is 375 g/mol. The molecule has 2 heterocycles. The molecule has 6 nitrogen and oxygen atoms in total. The van der Waals surface area contributed by atoms with Crippen LogP contribution in [0.3, 0.4) is 0 Å². The third-order valence-corrected chi connectivity index (χ3v) is 5.11. The summed E-state index contributed by atoms with van der Waals surface area (Å²) >= 11 is 7.65. The number of nitrogens with zero attached hydrogens (tertiary/aromatic N) is 3. The molecule has 128 valence electrons. The molecule has 1 aromatic carbocycles. The number of thiazole rings is 1. The second-order valence-corrected chi connectivity index (χ2v) is 7.16. The maximum absolute atomic E-state index is 12.1. The van der Waals surface area contributed by atoms with E-state index in [1.807, 2.05) is 29.6 Å². The number of halogens is 1. The van der Waals surface area contributed by atoms with Crippen LogP contribution in [0.5, 0.6) is 0 Å². The van der Waals surface area contributed by atoms with Gasteiger partial charge >= 0.3 is 0 Å². The predicted molar refractivity (Wildman–Crippen MR) is 94.4 cm³/mol. The molecule has 0 aliphatic heterocycles. The number of benzene rings is 1. The Labute approximate surface area is 153 Å². The molecule has 0 radical (unpaired) electrons. The lowest BCUT2D eigenvalue weighted by molar-refractivity contribution is -0.120. The maximum atomic E-state index is 12.1. The van der Waals surface area contributed by atoms with E-state index in [0.717, 1.165) is 29.2 Å². The van der Waals surface area contributed by atoms with Crippen molar-refractivity contribution in [2.24, 2.45) is 0 Å². The summed E-state index contributed by atoms with van der Waals surface area (Å²) in [6.45, 7) is 0.236. The third kappa shape index (κ3) is 3.88. The van der Waals surface area contributed by atoms with Crippen LogP contribution in [0.1, 0.15) is 36.2 Å². The number of rotatable bonds is 6. The minimum Gasteiger partial charge on any atom is -0.347 e. The van der Waals surface area contributed by atoms with Crippen LogP contribution < -0.4 is 5.32 Å². The van der Waals surface area contributed by atoms with Crippen molar-refractivity contribution in [2.45, 2.75) is 31.7 Å². The SMILES string of the molecule is O=C(Cc1csc(-c2ccccc2Cl)n1)NCc1nc(C2CC2)no1. The lowest BCUT2D eigenvalue weighted by Crippen LogP contribution is -2.24. The summed E-state index contributed by atoms with van der Waals surface area (Å²) in [5, 5.41) is 10.0. The van der Waals surface area contributed by atoms with Gasteiger partial charge in [-0.05, 0) is 18.9 Å². The lowest BCUT2D eigenvalue weighted by Gasteiger charge is -2.00. The van der Waals surface area contributed by atoms with E-state index in [2.05, 4.69) is 20.4 Å². The van der Waals surface area contributed by atoms with Gasteiger partial charge in [-0.1, -0.05) is 35.0 Å². The second kappa shape index (κ2) is 6.93. The molecule has 0 saturated heterocycles. The molecule has 0 spiro atoms. The van der Waals surface area contributed by atoms with E-state index in [4.69, 9.17) is 16.1 Å². The molecule has 1 aliphatic carbocycles. The average Bonchev–Trinajstić information content (AvgIpc) is 3.17. The first-order valence-electron chi connectivity index (χ1n) is 7.97. The van der Waals surface area contributed by atoms with Crippen LogP contribution in [0, 0.1) is 0 Å². The quantitative estimate of drug-likeness (QED) is 0.713. The van der Waals surface area contributed by atoms with E-state index in [-0.39, 0.29) is 18.9 Å². The van der Waals surface area contributed by atoms with Gasteiger partial charge in [0.2, 0.25) is 11.8 Å². The summed E-state index contributed by atoms with van der Waals surface area (Å²) in [6.07, 6.45) is 2.43. The molecule has 1 saturated carbocycles. The smallest absolute Gasteiger partial charge is 0.246 e. The minimum absolute atomic E-state index is 0.137. The van der Waals surface area contributed by atoms with Gasteiger partial charge in [-0.3, -0.25) is 4.79 Å². The third-order valence-electron chi connectivity index (χ3n) is 3.86. The zero-order valence-electron chi connectivity index (χ0n) is 13.2. The largest absolute Gasteiger partial charge is 0.347 e. The van der Waals surface area contributed by atoms with Crippen molar-refractivity contribution in [3.63, 3.8) is 0 Å². The van der Waals surface area contributed by atoms with Gasteiger partial charge in [-0.15, -0.1) is 11.3 Å². The number of hydrogen-bond acceptors (Lipinski definition) is 6. The Morgan fingerprint density at radius 1 is 1.32 bits per heavy atom. The first-order valence-corrected chi connectivity index (χ1v) is 9.23. The number of amides is 1. The minimum atomic E-state index is -0.137. The first-order chi connectivity index (χ1) is 12.2. The summed E-state index contributed by atoms with van der Waals surface area (Å²) in [5.74, 6) is 1.48. The van der Waals surface area contributed by atoms with Crippen molar-refractivity contribution in [1.29, 1.82) is 0 Å². The molecule has 0 bridgehead atoms. The number of nitrogens with one attached hydrogen (secondary N) is 1. The fraction of sp³-hybridized carbons (Fsp3) is 0.294. The standard InChI is InChI=1S/C17H15ClN4O2S/c18-13-4-2-1-3-12(13)17-20-11(9-25-17)7-14(23)19-8-15-21-16(22-24-15)10-5-6-10/h1-4,9-10H,5-8H2,(H,19,23). The molecule has 2 aromatic heterocycles. The van der Waals surface area contributed by atoms with E-state index in [1.54, 1.807) is 0 Å². The van der Waals surface area contributed by atoms with Gasteiger partial charge in [0.05, 0.1) is 23.7 Å². The Kier molecular flexibility index (Phi) is 4.50. The van der Waals surface area contributed by atoms with Crippen LogP contribution in [0.15, 0.2) is 34.2 Å². The van der Waals surface area contributed by atoms with Crippen LogP contribution in [0.25, 0.3) is 10.6 Å². The van der Waals surface area contributed by atoms with Gasteiger partial charge in [0.25, 0.3) is 0 Å². The highest BCUT2D eigenvalue weighted by atomic mass is 35.5. The van der Waals surface area contributed by atoms with Crippen molar-refractivity contribution in [3.05, 3.63) is 52.1 Å². The van der Waals surface area contributed by atoms with Gasteiger partial charge in [-0.25, -0.2) is 4.98 Å². The Hall–Kier alpha value is -2.25. The molecule has 3 aromatic rings. The monoisotopic (exact) mass is 374 g/mol. The summed E-state index contributed by atoms with van der Waals surface area (Å²) in [4.78, 5) is 20.9. The van der Waals surface area contributed by atoms with Gasteiger partial charge < -0.3 is 9.84 Å². The van der Waals surface area contributed by atoms with Crippen molar-refractivity contribution in [3.8, 4) is 10.6 Å². The molecular weight excluding hydrogens is 360 g/mol. The van der Waals surface area contributed by atoms with Crippen LogP contribution in [0.2, 0.25) is 5.02 Å². The van der Waals surface area contributed by atoms with Crippen molar-refractivity contribution >= 4 is 28.8 Å². The van der Waals surface area contributed by atoms with Crippen molar-refractivity contribution in [2.75, 3.05) is 0 Å². The lowest BCUT2D eigenvalue weighted by atomic mass is 10.2. The van der Waals surface area contributed by atoms with Crippen molar-refractivity contribution in [1.82, 2.24) is 20.4 Å². The van der Waals surface area contributed by atoms with Crippen LogP contribution in [-0.4, -0.2) is 21.0 Å². The van der Waals surface area contributed by atoms with E-state index in [9.17, 15) is 4.79 Å². The first kappa shape index (κ1) is 16.2. The summed E-state index contributed by atoms with van der Waals surface area (Å²) in [5.41, 5.74) is 1.58. The maximum Gasteiger partial charge on any atom is 0.246 e. The molecule has 1 N–H and O–H groups in total. The van der Waals surface area contributed by atoms with E-state index < -0.39 is 0 Å². The Bertz CT molecular complexity index is 903. The van der Waals surface area contributed by atoms with Crippen LogP contribution in [-0.2, 0) is 17.8 Å². The molecule has 1 aliphatic rings.